The third-order valence-electron chi connectivity index (χ3n) is 8.98. The first-order valence-corrected chi connectivity index (χ1v) is 15.4. The number of carbonyl (C=O) groups excluding carboxylic acids is 5. The molecule has 1 aliphatic heterocycles. The zero-order valence-electron chi connectivity index (χ0n) is 26.0. The predicted molar refractivity (Wildman–Crippen MR) is 160 cm³/mol. The zero-order chi connectivity index (χ0) is 31.2. The molecule has 3 aliphatic rings. The molecule has 1 saturated heterocycles. The highest BCUT2D eigenvalue weighted by Gasteiger charge is 2.69. The summed E-state index contributed by atoms with van der Waals surface area (Å²) in [4.78, 5) is 68.1. The lowest BCUT2D eigenvalue weighted by Gasteiger charge is -2.37. The lowest BCUT2D eigenvalue weighted by molar-refractivity contribution is -0.145. The smallest absolute Gasteiger partial charge is 0.408 e. The fourth-order valence-corrected chi connectivity index (χ4v) is 6.68. The van der Waals surface area contributed by atoms with Gasteiger partial charge in [0.05, 0.1) is 6.04 Å². The number of fused-ring (bicyclic) bond motifs is 1. The first-order valence-electron chi connectivity index (χ1n) is 15.4. The summed E-state index contributed by atoms with van der Waals surface area (Å²) in [6, 6.07) is -2.66. The first kappa shape index (κ1) is 33.3. The summed E-state index contributed by atoms with van der Waals surface area (Å²) in [7, 11) is 0. The Bertz CT molecular complexity index is 1060. The lowest BCUT2D eigenvalue weighted by atomic mass is 9.83. The molecule has 0 aromatic rings. The summed E-state index contributed by atoms with van der Waals surface area (Å²) >= 11 is 0. The molecule has 3 N–H and O–H groups in total. The summed E-state index contributed by atoms with van der Waals surface area (Å²) < 4.78 is 5.50. The maximum atomic E-state index is 14.2. The minimum absolute atomic E-state index is 0.0609. The third-order valence-corrected chi connectivity index (χ3v) is 8.98. The van der Waals surface area contributed by atoms with Crippen molar-refractivity contribution in [1.82, 2.24) is 20.9 Å². The summed E-state index contributed by atoms with van der Waals surface area (Å²) in [5.74, 6) is -2.30. The number of likely N-dealkylation sites (tertiary alicyclic amines) is 1. The highest BCUT2D eigenvalue weighted by molar-refractivity contribution is 6.38. The molecule has 0 spiro atoms. The van der Waals surface area contributed by atoms with Crippen LogP contribution in [0.3, 0.4) is 0 Å². The van der Waals surface area contributed by atoms with Crippen LogP contribution in [0.4, 0.5) is 4.79 Å². The average molecular weight is 587 g/mol. The maximum absolute atomic E-state index is 14.2. The molecule has 3 fully saturated rings. The fourth-order valence-electron chi connectivity index (χ4n) is 6.68. The number of Topliss-reactive ketones (excluding diaryl/α,β-unsaturated/α-hetero) is 1. The number of ketones is 1. The summed E-state index contributed by atoms with van der Waals surface area (Å²) in [5.41, 5.74) is -0.877. The highest BCUT2D eigenvalue weighted by atomic mass is 16.6. The molecule has 2 saturated carbocycles. The van der Waals surface area contributed by atoms with Crippen LogP contribution >= 0.6 is 0 Å². The van der Waals surface area contributed by atoms with Crippen molar-refractivity contribution < 1.29 is 28.7 Å². The number of allylic oxidation sites excluding steroid dienone is 1. The molecular weight excluding hydrogens is 536 g/mol. The number of rotatable bonds is 13. The molecule has 3 rings (SSSR count). The number of amides is 4. The number of hydrogen-bond acceptors (Lipinski definition) is 6. The monoisotopic (exact) mass is 586 g/mol. The van der Waals surface area contributed by atoms with Crippen LogP contribution in [0.1, 0.15) is 86.0 Å². The Balaban J connectivity index is 1.85. The molecule has 0 radical (unpaired) electrons. The van der Waals surface area contributed by atoms with E-state index in [1.807, 2.05) is 0 Å². The number of nitrogens with zero attached hydrogens (tertiary/aromatic N) is 1. The number of piperidine rings is 1. The molecule has 42 heavy (non-hydrogen) atoms. The second-order valence-electron chi connectivity index (χ2n) is 13.6. The van der Waals surface area contributed by atoms with Gasteiger partial charge in [-0.1, -0.05) is 45.3 Å². The number of alkyl carbamates (subject to hydrolysis) is 1. The van der Waals surface area contributed by atoms with Gasteiger partial charge in [-0.2, -0.15) is 0 Å². The molecule has 5 atom stereocenters. The Labute approximate surface area is 250 Å². The van der Waals surface area contributed by atoms with Gasteiger partial charge in [0, 0.05) is 13.1 Å². The van der Waals surface area contributed by atoms with Crippen molar-refractivity contribution in [3.05, 3.63) is 25.3 Å². The minimum atomic E-state index is -1.03. The molecule has 2 aliphatic carbocycles. The van der Waals surface area contributed by atoms with Gasteiger partial charge in [-0.05, 0) is 76.0 Å². The SMILES string of the molecule is C=CCCCC(NC(=O)C1C2C(CN1C(=O)C(NC(=O)OC(C)(C)C)C1CCCCC1)C2(C)C)C(=O)C(=O)NCC=C. The largest absolute Gasteiger partial charge is 0.444 e. The maximum Gasteiger partial charge on any atom is 0.408 e. The van der Waals surface area contributed by atoms with Gasteiger partial charge in [-0.25, -0.2) is 4.79 Å². The predicted octanol–water partition coefficient (Wildman–Crippen LogP) is 3.66. The normalized spacial score (nSPS) is 24.4. The lowest BCUT2D eigenvalue weighted by Crippen LogP contribution is -2.59. The van der Waals surface area contributed by atoms with Crippen LogP contribution in [0.2, 0.25) is 0 Å². The van der Waals surface area contributed by atoms with Gasteiger partial charge in [-0.15, -0.1) is 13.2 Å². The van der Waals surface area contributed by atoms with Crippen LogP contribution in [0.15, 0.2) is 25.3 Å². The minimum Gasteiger partial charge on any atom is -0.444 e. The van der Waals surface area contributed by atoms with E-state index in [0.717, 1.165) is 32.1 Å². The van der Waals surface area contributed by atoms with Crippen molar-refractivity contribution >= 4 is 29.6 Å². The van der Waals surface area contributed by atoms with Crippen molar-refractivity contribution in [1.29, 1.82) is 0 Å². The Kier molecular flexibility index (Phi) is 11.0. The molecule has 0 bridgehead atoms. The summed E-state index contributed by atoms with van der Waals surface area (Å²) in [6.07, 6.45) is 8.60. The Morgan fingerprint density at radius 3 is 2.29 bits per heavy atom. The molecule has 10 nitrogen and oxygen atoms in total. The Morgan fingerprint density at radius 2 is 1.69 bits per heavy atom. The molecule has 4 amide bonds. The number of nitrogens with one attached hydrogen (secondary N) is 3. The van der Waals surface area contributed by atoms with E-state index in [1.54, 1.807) is 31.7 Å². The number of hydrogen-bond donors (Lipinski definition) is 3. The van der Waals surface area contributed by atoms with Gasteiger partial charge in [-0.3, -0.25) is 19.2 Å². The van der Waals surface area contributed by atoms with Gasteiger partial charge in [0.1, 0.15) is 17.7 Å². The molecular formula is C32H50N4O6. The van der Waals surface area contributed by atoms with E-state index in [2.05, 4.69) is 43.0 Å². The fraction of sp³-hybridized carbons (Fsp3) is 0.719. The third kappa shape index (κ3) is 8.01. The quantitative estimate of drug-likeness (QED) is 0.171. The van der Waals surface area contributed by atoms with Crippen molar-refractivity contribution in [2.45, 2.75) is 110 Å². The van der Waals surface area contributed by atoms with Crippen LogP contribution < -0.4 is 16.0 Å². The van der Waals surface area contributed by atoms with E-state index in [9.17, 15) is 24.0 Å². The van der Waals surface area contributed by atoms with E-state index in [-0.39, 0.29) is 42.0 Å². The van der Waals surface area contributed by atoms with Gasteiger partial charge in [0.25, 0.3) is 5.91 Å². The standard InChI is InChI=1S/C32H50N4O6/c1-8-10-12-17-22(26(37)28(39)33-18-9-2)34-27(38)25-23-21(32(23,6)7)19-36(25)29(40)24(20-15-13-11-14-16-20)35-30(41)42-31(3,4)5/h8-9,20-25H,1-2,10-19H2,3-7H3,(H,33,39)(H,34,38)(H,35,41). The van der Waals surface area contributed by atoms with E-state index in [0.29, 0.717) is 19.4 Å². The summed E-state index contributed by atoms with van der Waals surface area (Å²) in [6.45, 7) is 17.3. The van der Waals surface area contributed by atoms with Gasteiger partial charge >= 0.3 is 6.09 Å². The molecule has 5 unspecified atom stereocenters. The van der Waals surface area contributed by atoms with Crippen molar-refractivity contribution in [2.24, 2.45) is 23.2 Å². The van der Waals surface area contributed by atoms with E-state index in [4.69, 9.17) is 4.74 Å². The molecule has 1 heterocycles. The van der Waals surface area contributed by atoms with Crippen LogP contribution in [-0.4, -0.2) is 71.3 Å². The number of carbonyl (C=O) groups is 5. The topological polar surface area (TPSA) is 134 Å². The molecule has 10 heteroatoms. The highest BCUT2D eigenvalue weighted by Crippen LogP contribution is 2.65. The van der Waals surface area contributed by atoms with E-state index in [1.165, 1.54) is 6.08 Å². The van der Waals surface area contributed by atoms with Gasteiger partial charge in [0.15, 0.2) is 0 Å². The number of unbranched alkanes of at least 4 members (excludes halogenated alkanes) is 1. The van der Waals surface area contributed by atoms with Crippen molar-refractivity contribution in [3.8, 4) is 0 Å². The van der Waals surface area contributed by atoms with Gasteiger partial charge in [0.2, 0.25) is 17.6 Å². The van der Waals surface area contributed by atoms with Crippen LogP contribution in [-0.2, 0) is 23.9 Å². The average Bonchev–Trinajstić information content (AvgIpc) is 3.24. The van der Waals surface area contributed by atoms with Crippen LogP contribution in [0, 0.1) is 23.2 Å². The second kappa shape index (κ2) is 13.9. The molecule has 0 aromatic heterocycles. The van der Waals surface area contributed by atoms with Gasteiger partial charge < -0.3 is 25.6 Å². The van der Waals surface area contributed by atoms with E-state index < -0.39 is 47.4 Å². The second-order valence-corrected chi connectivity index (χ2v) is 13.6. The van der Waals surface area contributed by atoms with E-state index >= 15 is 0 Å². The van der Waals surface area contributed by atoms with Crippen LogP contribution in [0.25, 0.3) is 0 Å². The Hall–Kier alpha value is -3.17. The number of ether oxygens (including phenoxy) is 1. The van der Waals surface area contributed by atoms with Crippen LogP contribution in [0.5, 0.6) is 0 Å². The van der Waals surface area contributed by atoms with Crippen molar-refractivity contribution in [3.63, 3.8) is 0 Å². The first-order chi connectivity index (χ1) is 19.7. The molecule has 234 valence electrons. The zero-order valence-corrected chi connectivity index (χ0v) is 26.0. The molecule has 0 aromatic carbocycles. The Morgan fingerprint density at radius 1 is 1.02 bits per heavy atom. The van der Waals surface area contributed by atoms with Crippen molar-refractivity contribution in [2.75, 3.05) is 13.1 Å². The summed E-state index contributed by atoms with van der Waals surface area (Å²) in [5, 5.41) is 8.17.